The summed E-state index contributed by atoms with van der Waals surface area (Å²) in [7, 11) is -3.68. The highest BCUT2D eigenvalue weighted by Gasteiger charge is 2.30. The average molecular weight is 356 g/mol. The summed E-state index contributed by atoms with van der Waals surface area (Å²) < 4.78 is 31.3. The number of halogens is 1. The van der Waals surface area contributed by atoms with E-state index < -0.39 is 15.9 Å². The van der Waals surface area contributed by atoms with Crippen molar-refractivity contribution in [3.05, 3.63) is 41.2 Å². The van der Waals surface area contributed by atoms with E-state index in [1.54, 1.807) is 6.07 Å². The number of sulfonamides is 1. The summed E-state index contributed by atoms with van der Waals surface area (Å²) in [6.07, 6.45) is 3.05. The number of furan rings is 1. The number of anilines is 1. The zero-order chi connectivity index (χ0) is 16.4. The third kappa shape index (κ3) is 3.39. The summed E-state index contributed by atoms with van der Waals surface area (Å²) in [5, 5.41) is 2.73. The maximum Gasteiger partial charge on any atom is 0.292 e. The molecule has 1 saturated heterocycles. The molecule has 1 N–H and O–H groups in total. The Morgan fingerprint density at radius 2 is 1.96 bits per heavy atom. The molecule has 0 saturated carbocycles. The van der Waals surface area contributed by atoms with Crippen LogP contribution < -0.4 is 5.32 Å². The molecule has 9 heteroatoms. The smallest absolute Gasteiger partial charge is 0.292 e. The number of nitrogens with one attached hydrogen (secondary N) is 1. The van der Waals surface area contributed by atoms with Gasteiger partial charge in [-0.15, -0.1) is 0 Å². The van der Waals surface area contributed by atoms with E-state index in [1.165, 1.54) is 28.7 Å². The van der Waals surface area contributed by atoms with Crippen LogP contribution in [-0.4, -0.2) is 36.7 Å². The van der Waals surface area contributed by atoms with Crippen molar-refractivity contribution in [2.45, 2.75) is 17.9 Å². The van der Waals surface area contributed by atoms with Crippen molar-refractivity contribution in [1.29, 1.82) is 0 Å². The van der Waals surface area contributed by atoms with Crippen molar-refractivity contribution in [1.82, 2.24) is 9.29 Å². The molecule has 2 aromatic heterocycles. The van der Waals surface area contributed by atoms with Crippen molar-refractivity contribution in [2.24, 2.45) is 0 Å². The van der Waals surface area contributed by atoms with Gasteiger partial charge in [0.1, 0.15) is 5.82 Å². The van der Waals surface area contributed by atoms with Crippen LogP contribution in [0, 0.1) is 0 Å². The van der Waals surface area contributed by atoms with Gasteiger partial charge in [-0.05, 0) is 37.1 Å². The fourth-order valence-corrected chi connectivity index (χ4v) is 3.80. The van der Waals surface area contributed by atoms with Gasteiger partial charge < -0.3 is 9.73 Å². The molecule has 122 valence electrons. The first-order chi connectivity index (χ1) is 11.0. The summed E-state index contributed by atoms with van der Waals surface area (Å²) in [6.45, 7) is 0.943. The molecule has 0 bridgehead atoms. The summed E-state index contributed by atoms with van der Waals surface area (Å²) in [4.78, 5) is 16.0. The van der Waals surface area contributed by atoms with E-state index in [1.807, 2.05) is 0 Å². The molecule has 0 aliphatic carbocycles. The largest absolute Gasteiger partial charge is 0.438 e. The number of carbonyl (C=O) groups excluding carboxylic acids is 1. The van der Waals surface area contributed by atoms with Gasteiger partial charge in [0.25, 0.3) is 15.9 Å². The van der Waals surface area contributed by atoms with E-state index in [9.17, 15) is 13.2 Å². The number of nitrogens with zero attached hydrogens (tertiary/aromatic N) is 2. The van der Waals surface area contributed by atoms with Gasteiger partial charge in [0.15, 0.2) is 5.76 Å². The first kappa shape index (κ1) is 16.0. The van der Waals surface area contributed by atoms with Crippen molar-refractivity contribution < 1.29 is 17.6 Å². The minimum absolute atomic E-state index is 0.0977. The molecular formula is C14H14ClN3O4S. The molecule has 0 radical (unpaired) electrons. The van der Waals surface area contributed by atoms with Gasteiger partial charge in [-0.1, -0.05) is 11.6 Å². The highest BCUT2D eigenvalue weighted by atomic mass is 35.5. The molecule has 1 aliphatic rings. The zero-order valence-corrected chi connectivity index (χ0v) is 13.6. The van der Waals surface area contributed by atoms with Crippen LogP contribution in [0.2, 0.25) is 5.02 Å². The molecule has 3 heterocycles. The molecule has 1 aliphatic heterocycles. The van der Waals surface area contributed by atoms with E-state index in [0.29, 0.717) is 23.9 Å². The van der Waals surface area contributed by atoms with Gasteiger partial charge in [0.05, 0.1) is 5.02 Å². The quantitative estimate of drug-likeness (QED) is 0.908. The summed E-state index contributed by atoms with van der Waals surface area (Å²) in [5.41, 5.74) is 0. The number of pyridine rings is 1. The standard InChI is InChI=1S/C14H14ClN3O4S/c15-10-3-5-12(16-9-10)17-14(19)11-4-6-13(22-11)23(20,21)18-7-1-2-8-18/h3-6,9H,1-2,7-8H2,(H,16,17,19). The fourth-order valence-electron chi connectivity index (χ4n) is 2.26. The minimum Gasteiger partial charge on any atom is -0.438 e. The Morgan fingerprint density at radius 1 is 1.22 bits per heavy atom. The van der Waals surface area contributed by atoms with Crippen LogP contribution in [0.5, 0.6) is 0 Å². The SMILES string of the molecule is O=C(Nc1ccc(Cl)cn1)c1ccc(S(=O)(=O)N2CCCC2)o1. The number of hydrogen-bond acceptors (Lipinski definition) is 5. The molecule has 1 amide bonds. The van der Waals surface area contributed by atoms with E-state index in [4.69, 9.17) is 16.0 Å². The predicted molar refractivity (Wildman–Crippen MR) is 83.9 cm³/mol. The summed E-state index contributed by atoms with van der Waals surface area (Å²) >= 11 is 5.72. The van der Waals surface area contributed by atoms with E-state index in [0.717, 1.165) is 12.8 Å². The summed E-state index contributed by atoms with van der Waals surface area (Å²) in [5.74, 6) is -0.387. The molecule has 2 aromatic rings. The van der Waals surface area contributed by atoms with Crippen LogP contribution in [-0.2, 0) is 10.0 Å². The van der Waals surface area contributed by atoms with Gasteiger partial charge in [0, 0.05) is 19.3 Å². The van der Waals surface area contributed by atoms with Gasteiger partial charge in [0.2, 0.25) is 5.09 Å². The molecular weight excluding hydrogens is 342 g/mol. The molecule has 0 unspecified atom stereocenters. The third-order valence-corrected chi connectivity index (χ3v) is 5.43. The number of hydrogen-bond donors (Lipinski definition) is 1. The lowest BCUT2D eigenvalue weighted by atomic mass is 10.4. The minimum atomic E-state index is -3.68. The second-order valence-corrected chi connectivity index (χ2v) is 7.35. The van der Waals surface area contributed by atoms with Gasteiger partial charge in [-0.2, -0.15) is 4.31 Å². The average Bonchev–Trinajstić information content (AvgIpc) is 3.21. The number of amides is 1. The summed E-state index contributed by atoms with van der Waals surface area (Å²) in [6, 6.07) is 5.73. The van der Waals surface area contributed by atoms with E-state index in [-0.39, 0.29) is 10.9 Å². The Labute approximate surface area is 138 Å². The second kappa shape index (κ2) is 6.31. The molecule has 0 aromatic carbocycles. The van der Waals surface area contributed by atoms with Crippen molar-refractivity contribution in [3.8, 4) is 0 Å². The van der Waals surface area contributed by atoms with Crippen LogP contribution >= 0.6 is 11.6 Å². The van der Waals surface area contributed by atoms with Gasteiger partial charge in [-0.3, -0.25) is 4.79 Å². The molecule has 7 nitrogen and oxygen atoms in total. The van der Waals surface area contributed by atoms with Gasteiger partial charge >= 0.3 is 0 Å². The molecule has 3 rings (SSSR count). The lowest BCUT2D eigenvalue weighted by molar-refractivity contribution is 0.0991. The molecule has 0 atom stereocenters. The van der Waals surface area contributed by atoms with E-state index >= 15 is 0 Å². The van der Waals surface area contributed by atoms with Crippen LogP contribution in [0.15, 0.2) is 40.0 Å². The number of carbonyl (C=O) groups is 1. The lowest BCUT2D eigenvalue weighted by Crippen LogP contribution is -2.27. The van der Waals surface area contributed by atoms with Crippen LogP contribution in [0.3, 0.4) is 0 Å². The van der Waals surface area contributed by atoms with Crippen LogP contribution in [0.25, 0.3) is 0 Å². The maximum atomic E-state index is 12.3. The zero-order valence-electron chi connectivity index (χ0n) is 12.0. The highest BCUT2D eigenvalue weighted by molar-refractivity contribution is 7.89. The number of rotatable bonds is 4. The molecule has 1 fully saturated rings. The third-order valence-electron chi connectivity index (χ3n) is 3.43. The van der Waals surface area contributed by atoms with E-state index in [2.05, 4.69) is 10.3 Å². The normalized spacial score (nSPS) is 15.7. The predicted octanol–water partition coefficient (Wildman–Crippen LogP) is 2.36. The van der Waals surface area contributed by atoms with Crippen molar-refractivity contribution in [2.75, 3.05) is 18.4 Å². The first-order valence-corrected chi connectivity index (χ1v) is 8.81. The Balaban J connectivity index is 1.76. The highest BCUT2D eigenvalue weighted by Crippen LogP contribution is 2.23. The monoisotopic (exact) mass is 355 g/mol. The second-order valence-electron chi connectivity index (χ2n) is 5.05. The van der Waals surface area contributed by atoms with Crippen LogP contribution in [0.4, 0.5) is 5.82 Å². The number of aromatic nitrogens is 1. The fraction of sp³-hybridized carbons (Fsp3) is 0.286. The molecule has 23 heavy (non-hydrogen) atoms. The Hall–Kier alpha value is -1.90. The molecule has 0 spiro atoms. The first-order valence-electron chi connectivity index (χ1n) is 7.00. The maximum absolute atomic E-state index is 12.3. The van der Waals surface area contributed by atoms with Crippen molar-refractivity contribution in [3.63, 3.8) is 0 Å². The van der Waals surface area contributed by atoms with Crippen LogP contribution in [0.1, 0.15) is 23.4 Å². The Kier molecular flexibility index (Phi) is 4.38. The Bertz CT molecular complexity index is 811. The Morgan fingerprint density at radius 3 is 2.61 bits per heavy atom. The lowest BCUT2D eigenvalue weighted by Gasteiger charge is -2.12. The van der Waals surface area contributed by atoms with Crippen molar-refractivity contribution >= 4 is 33.3 Å². The van der Waals surface area contributed by atoms with Gasteiger partial charge in [-0.25, -0.2) is 13.4 Å². The topological polar surface area (TPSA) is 92.5 Å².